The fourth-order valence-corrected chi connectivity index (χ4v) is 5.36. The summed E-state index contributed by atoms with van der Waals surface area (Å²) >= 11 is 1.34. The summed E-state index contributed by atoms with van der Waals surface area (Å²) in [6.07, 6.45) is 1.87. The minimum atomic E-state index is -1.02. The minimum Gasteiger partial charge on any atom is -0.465 e. The number of hydrogen-bond donors (Lipinski definition) is 0. The molecule has 0 saturated carbocycles. The molecule has 3 aromatic rings. The Morgan fingerprint density at radius 1 is 1.18 bits per heavy atom. The maximum Gasteiger partial charge on any atom is 0.270 e. The van der Waals surface area contributed by atoms with Gasteiger partial charge in [0.1, 0.15) is 17.5 Å². The van der Waals surface area contributed by atoms with Crippen molar-refractivity contribution in [1.29, 1.82) is 0 Å². The van der Waals surface area contributed by atoms with Gasteiger partial charge in [-0.05, 0) is 31.6 Å². The number of para-hydroxylation sites is 1. The molecule has 0 saturated heterocycles. The minimum absolute atomic E-state index is 0.0388. The van der Waals surface area contributed by atoms with Gasteiger partial charge in [-0.15, -0.1) is 0 Å². The molecule has 2 bridgehead atoms. The van der Waals surface area contributed by atoms with Crippen LogP contribution in [0.5, 0.6) is 5.75 Å². The summed E-state index contributed by atoms with van der Waals surface area (Å²) in [5.41, 5.74) is 0.657. The lowest BCUT2D eigenvalue weighted by Gasteiger charge is -2.45. The Kier molecular flexibility index (Phi) is 3.67. The monoisotopic (exact) mass is 390 g/mol. The molecule has 3 heterocycles. The van der Waals surface area contributed by atoms with Crippen LogP contribution in [-0.2, 0) is 4.79 Å². The molecule has 0 fully saturated rings. The normalized spacial score (nSPS) is 25.3. The Balaban J connectivity index is 1.83. The maximum absolute atomic E-state index is 13.3. The number of hydrogen-bond acceptors (Lipinski definition) is 5. The van der Waals surface area contributed by atoms with E-state index in [9.17, 15) is 9.59 Å². The summed E-state index contributed by atoms with van der Waals surface area (Å²) in [5, 5.41) is 0. The van der Waals surface area contributed by atoms with Gasteiger partial charge in [0.25, 0.3) is 5.56 Å². The summed E-state index contributed by atoms with van der Waals surface area (Å²) in [5.74, 6) is 0.0865. The summed E-state index contributed by atoms with van der Waals surface area (Å²) in [6.45, 7) is 3.37. The Labute approximate surface area is 165 Å². The lowest BCUT2D eigenvalue weighted by Crippen LogP contribution is -2.58. The van der Waals surface area contributed by atoms with Crippen LogP contribution in [0.1, 0.15) is 31.0 Å². The number of nitrogens with zero attached hydrogens (tertiary/aromatic N) is 2. The third-order valence-corrected chi connectivity index (χ3v) is 6.40. The van der Waals surface area contributed by atoms with Crippen LogP contribution in [0.25, 0.3) is 6.08 Å². The molecule has 0 amide bonds. The zero-order valence-electron chi connectivity index (χ0n) is 15.5. The average molecular weight is 390 g/mol. The van der Waals surface area contributed by atoms with Gasteiger partial charge in [-0.2, -0.15) is 0 Å². The van der Waals surface area contributed by atoms with Crippen molar-refractivity contribution in [2.24, 2.45) is 10.9 Å². The first-order chi connectivity index (χ1) is 13.5. The number of thiazole rings is 1. The first-order valence-corrected chi connectivity index (χ1v) is 9.96. The van der Waals surface area contributed by atoms with Crippen LogP contribution in [0, 0.1) is 5.92 Å². The van der Waals surface area contributed by atoms with Gasteiger partial charge in [-0.25, -0.2) is 4.99 Å². The Morgan fingerprint density at radius 2 is 1.89 bits per heavy atom. The zero-order chi connectivity index (χ0) is 19.5. The summed E-state index contributed by atoms with van der Waals surface area (Å²) in [6, 6.07) is 16.9. The molecule has 1 aromatic heterocycles. The van der Waals surface area contributed by atoms with E-state index in [1.807, 2.05) is 67.6 Å². The van der Waals surface area contributed by atoms with Crippen LogP contribution in [0.3, 0.4) is 0 Å². The first kappa shape index (κ1) is 17.1. The maximum atomic E-state index is 13.3. The van der Waals surface area contributed by atoms with E-state index in [0.717, 1.165) is 11.1 Å². The van der Waals surface area contributed by atoms with Crippen molar-refractivity contribution in [2.75, 3.05) is 0 Å². The molecule has 0 spiro atoms. The molecule has 6 heteroatoms. The largest absolute Gasteiger partial charge is 0.465 e. The number of carbonyl (C=O) groups excluding carboxylic acids is 1. The summed E-state index contributed by atoms with van der Waals surface area (Å²) < 4.78 is 8.46. The number of rotatable bonds is 2. The van der Waals surface area contributed by atoms with Crippen molar-refractivity contribution in [1.82, 2.24) is 4.57 Å². The van der Waals surface area contributed by atoms with Gasteiger partial charge in [0.2, 0.25) is 5.72 Å². The Bertz CT molecular complexity index is 1280. The summed E-state index contributed by atoms with van der Waals surface area (Å²) in [4.78, 5) is 31.2. The molecule has 2 aliphatic rings. The molecule has 0 aliphatic carbocycles. The van der Waals surface area contributed by atoms with E-state index < -0.39 is 17.7 Å². The fourth-order valence-electron chi connectivity index (χ4n) is 4.26. The quantitative estimate of drug-likeness (QED) is 0.675. The van der Waals surface area contributed by atoms with Crippen molar-refractivity contribution in [3.8, 4) is 5.75 Å². The molecule has 2 aromatic carbocycles. The standard InChI is InChI=1S/C22H18N2O3S/c1-13(25)18-19-15-10-6-7-11-16(15)27-22(18,2)23-21-24(19)20(26)17(28-21)12-14-8-4-3-5-9-14/h3-12,18-19H,1-2H3/b17-12-/t18-,19+,22+/m1/s1. The van der Waals surface area contributed by atoms with E-state index in [-0.39, 0.29) is 11.3 Å². The van der Waals surface area contributed by atoms with Crippen LogP contribution in [-0.4, -0.2) is 16.1 Å². The van der Waals surface area contributed by atoms with Crippen LogP contribution in [0.15, 0.2) is 64.4 Å². The van der Waals surface area contributed by atoms with Crippen LogP contribution >= 0.6 is 11.3 Å². The molecule has 0 N–H and O–H groups in total. The molecule has 5 nitrogen and oxygen atoms in total. The van der Waals surface area contributed by atoms with E-state index in [4.69, 9.17) is 9.73 Å². The summed E-state index contributed by atoms with van der Waals surface area (Å²) in [7, 11) is 0. The highest BCUT2D eigenvalue weighted by Gasteiger charge is 2.53. The van der Waals surface area contributed by atoms with Crippen molar-refractivity contribution in [2.45, 2.75) is 25.6 Å². The number of carbonyl (C=O) groups is 1. The SMILES string of the molecule is CC(=O)[C@@H]1[C@@H]2c3ccccc3O[C@]1(C)N=c1s/c(=C\c3ccccc3)c(=O)n12. The number of Topliss-reactive ketones (excluding diaryl/α,β-unsaturated/α-hetero) is 1. The molecule has 2 aliphatic heterocycles. The zero-order valence-corrected chi connectivity index (χ0v) is 16.3. The van der Waals surface area contributed by atoms with Crippen LogP contribution < -0.4 is 19.6 Å². The van der Waals surface area contributed by atoms with E-state index in [1.165, 1.54) is 11.3 Å². The van der Waals surface area contributed by atoms with E-state index in [2.05, 4.69) is 0 Å². The van der Waals surface area contributed by atoms with E-state index >= 15 is 0 Å². The molecule has 0 radical (unpaired) electrons. The van der Waals surface area contributed by atoms with Gasteiger partial charge in [0.15, 0.2) is 4.80 Å². The second-order valence-electron chi connectivity index (χ2n) is 7.32. The Morgan fingerprint density at radius 3 is 2.64 bits per heavy atom. The van der Waals surface area contributed by atoms with Gasteiger partial charge >= 0.3 is 0 Å². The number of benzene rings is 2. The van der Waals surface area contributed by atoms with Gasteiger partial charge in [-0.3, -0.25) is 14.2 Å². The van der Waals surface area contributed by atoms with Gasteiger partial charge in [0.05, 0.1) is 10.6 Å². The number of ether oxygens (including phenoxy) is 1. The molecule has 3 atom stereocenters. The van der Waals surface area contributed by atoms with Gasteiger partial charge in [0, 0.05) is 5.56 Å². The third-order valence-electron chi connectivity index (χ3n) is 5.42. The van der Waals surface area contributed by atoms with Gasteiger partial charge < -0.3 is 4.74 Å². The molecule has 28 heavy (non-hydrogen) atoms. The smallest absolute Gasteiger partial charge is 0.270 e. The van der Waals surface area contributed by atoms with Crippen LogP contribution in [0.4, 0.5) is 0 Å². The second-order valence-corrected chi connectivity index (χ2v) is 8.33. The van der Waals surface area contributed by atoms with Crippen molar-refractivity contribution >= 4 is 23.2 Å². The second kappa shape index (κ2) is 6.01. The van der Waals surface area contributed by atoms with Crippen LogP contribution in [0.2, 0.25) is 0 Å². The van der Waals surface area contributed by atoms with Crippen molar-refractivity contribution in [3.63, 3.8) is 0 Å². The lowest BCUT2D eigenvalue weighted by molar-refractivity contribution is -0.132. The first-order valence-electron chi connectivity index (χ1n) is 9.14. The highest BCUT2D eigenvalue weighted by Crippen LogP contribution is 2.47. The predicted molar refractivity (Wildman–Crippen MR) is 107 cm³/mol. The third kappa shape index (κ3) is 2.41. The molecular weight excluding hydrogens is 372 g/mol. The van der Waals surface area contributed by atoms with Crippen molar-refractivity contribution in [3.05, 3.63) is 85.4 Å². The molecule has 0 unspecified atom stereocenters. The number of aromatic nitrogens is 1. The predicted octanol–water partition coefficient (Wildman–Crippen LogP) is 2.28. The van der Waals surface area contributed by atoms with E-state index in [1.54, 1.807) is 11.5 Å². The lowest BCUT2D eigenvalue weighted by atomic mass is 9.79. The molecule has 140 valence electrons. The molecular formula is C22H18N2O3S. The average Bonchev–Trinajstić information content (AvgIpc) is 2.95. The Hall–Kier alpha value is -2.99. The molecule has 5 rings (SSSR count). The van der Waals surface area contributed by atoms with Crippen molar-refractivity contribution < 1.29 is 9.53 Å². The van der Waals surface area contributed by atoms with Gasteiger partial charge in [-0.1, -0.05) is 59.9 Å². The number of fused-ring (bicyclic) bond motifs is 6. The topological polar surface area (TPSA) is 60.7 Å². The highest BCUT2D eigenvalue weighted by molar-refractivity contribution is 7.07. The number of ketones is 1. The fraction of sp³-hybridized carbons (Fsp3) is 0.227. The highest BCUT2D eigenvalue weighted by atomic mass is 32.1. The van der Waals surface area contributed by atoms with E-state index in [0.29, 0.717) is 15.1 Å².